The summed E-state index contributed by atoms with van der Waals surface area (Å²) < 4.78 is 0. The normalized spacial score (nSPS) is 10.3. The first-order chi connectivity index (χ1) is 8.79. The van der Waals surface area contributed by atoms with Gasteiger partial charge in [-0.25, -0.2) is 15.0 Å². The molecule has 6 heteroatoms. The van der Waals surface area contributed by atoms with Crippen LogP contribution in [0.4, 0.5) is 5.82 Å². The van der Waals surface area contributed by atoms with Gasteiger partial charge in [-0.2, -0.15) is 0 Å². The Morgan fingerprint density at radius 2 is 2.06 bits per heavy atom. The van der Waals surface area contributed by atoms with Crippen LogP contribution in [-0.2, 0) is 5.75 Å². The maximum atomic E-state index is 6.12. The van der Waals surface area contributed by atoms with E-state index in [0.717, 1.165) is 23.2 Å². The second-order valence-corrected chi connectivity index (χ2v) is 4.83. The number of nitrogens with zero attached hydrogens (tertiary/aromatic N) is 3. The summed E-state index contributed by atoms with van der Waals surface area (Å²) in [6.07, 6.45) is 3.44. The van der Waals surface area contributed by atoms with Gasteiger partial charge < -0.3 is 5.32 Å². The molecule has 94 valence electrons. The maximum absolute atomic E-state index is 6.12. The predicted octanol–water partition coefficient (Wildman–Crippen LogP) is 3.25. The maximum Gasteiger partial charge on any atom is 0.187 e. The molecule has 0 unspecified atom stereocenters. The molecule has 1 N–H and O–H groups in total. The Morgan fingerprint density at radius 1 is 1.28 bits per heavy atom. The summed E-state index contributed by atoms with van der Waals surface area (Å²) in [4.78, 5) is 12.8. The third-order valence-corrected chi connectivity index (χ3v) is 3.39. The molecule has 0 atom stereocenters. The number of rotatable bonds is 5. The monoisotopic (exact) mass is 280 g/mol. The standard InChI is InChI=1S/C12H13ClN4S/c1-2-14-11-5-4-9(13)10(17-11)8-18-12-15-6-3-7-16-12/h3-7H,2,8H2,1H3,(H,14,17). The Bertz CT molecular complexity index is 507. The van der Waals surface area contributed by atoms with Crippen LogP contribution < -0.4 is 5.32 Å². The molecule has 0 amide bonds. The Balaban J connectivity index is 2.06. The Morgan fingerprint density at radius 3 is 2.78 bits per heavy atom. The smallest absolute Gasteiger partial charge is 0.187 e. The minimum absolute atomic E-state index is 0.655. The fraction of sp³-hybridized carbons (Fsp3) is 0.250. The molecule has 2 aromatic rings. The zero-order valence-corrected chi connectivity index (χ0v) is 11.5. The minimum atomic E-state index is 0.655. The largest absolute Gasteiger partial charge is 0.370 e. The molecule has 0 aliphatic heterocycles. The Hall–Kier alpha value is -1.33. The molecule has 2 rings (SSSR count). The van der Waals surface area contributed by atoms with Crippen molar-refractivity contribution in [3.05, 3.63) is 41.3 Å². The molecule has 4 nitrogen and oxygen atoms in total. The first-order valence-electron chi connectivity index (χ1n) is 5.58. The molecule has 2 heterocycles. The highest BCUT2D eigenvalue weighted by Crippen LogP contribution is 2.24. The van der Waals surface area contributed by atoms with Crippen molar-refractivity contribution >= 4 is 29.2 Å². The molecule has 0 saturated carbocycles. The number of hydrogen-bond donors (Lipinski definition) is 1. The van der Waals surface area contributed by atoms with Gasteiger partial charge in [-0.05, 0) is 25.1 Å². The van der Waals surface area contributed by atoms with Crippen LogP contribution in [0, 0.1) is 0 Å². The molecule has 18 heavy (non-hydrogen) atoms. The van der Waals surface area contributed by atoms with E-state index in [1.165, 1.54) is 11.8 Å². The van der Waals surface area contributed by atoms with Gasteiger partial charge in [-0.3, -0.25) is 0 Å². The molecule has 0 fully saturated rings. The topological polar surface area (TPSA) is 50.7 Å². The van der Waals surface area contributed by atoms with E-state index in [2.05, 4.69) is 20.3 Å². The summed E-state index contributed by atoms with van der Waals surface area (Å²) in [6, 6.07) is 5.52. The minimum Gasteiger partial charge on any atom is -0.370 e. The summed E-state index contributed by atoms with van der Waals surface area (Å²) in [5.41, 5.74) is 0.840. The summed E-state index contributed by atoms with van der Waals surface area (Å²) in [7, 11) is 0. The van der Waals surface area contributed by atoms with Crippen molar-refractivity contribution in [3.63, 3.8) is 0 Å². The van der Waals surface area contributed by atoms with Crippen molar-refractivity contribution in [2.45, 2.75) is 17.8 Å². The van der Waals surface area contributed by atoms with Gasteiger partial charge in [0.25, 0.3) is 0 Å². The molecule has 0 aliphatic carbocycles. The van der Waals surface area contributed by atoms with Gasteiger partial charge >= 0.3 is 0 Å². The fourth-order valence-electron chi connectivity index (χ4n) is 1.36. The lowest BCUT2D eigenvalue weighted by Gasteiger charge is -2.06. The van der Waals surface area contributed by atoms with Crippen LogP contribution in [0.1, 0.15) is 12.6 Å². The van der Waals surface area contributed by atoms with Crippen molar-refractivity contribution in [2.75, 3.05) is 11.9 Å². The van der Waals surface area contributed by atoms with Gasteiger partial charge in [0, 0.05) is 24.7 Å². The third kappa shape index (κ3) is 3.58. The lowest BCUT2D eigenvalue weighted by Crippen LogP contribution is -2.01. The van der Waals surface area contributed by atoms with E-state index < -0.39 is 0 Å². The Kier molecular flexibility index (Phi) is 4.78. The quantitative estimate of drug-likeness (QED) is 0.673. The summed E-state index contributed by atoms with van der Waals surface area (Å²) >= 11 is 7.64. The summed E-state index contributed by atoms with van der Waals surface area (Å²) in [5, 5.41) is 4.56. The third-order valence-electron chi connectivity index (χ3n) is 2.16. The average molecular weight is 281 g/mol. The van der Waals surface area contributed by atoms with E-state index in [-0.39, 0.29) is 0 Å². The van der Waals surface area contributed by atoms with Crippen LogP contribution in [0.15, 0.2) is 35.7 Å². The van der Waals surface area contributed by atoms with Gasteiger partial charge in [0.1, 0.15) is 5.82 Å². The summed E-state index contributed by atoms with van der Waals surface area (Å²) in [5.74, 6) is 1.49. The number of nitrogens with one attached hydrogen (secondary N) is 1. The first-order valence-corrected chi connectivity index (χ1v) is 6.95. The Labute approximate surface area is 115 Å². The fourth-order valence-corrected chi connectivity index (χ4v) is 2.37. The number of thioether (sulfide) groups is 1. The van der Waals surface area contributed by atoms with Crippen LogP contribution in [0.5, 0.6) is 0 Å². The van der Waals surface area contributed by atoms with Crippen molar-refractivity contribution in [3.8, 4) is 0 Å². The highest BCUT2D eigenvalue weighted by molar-refractivity contribution is 7.98. The molecule has 0 spiro atoms. The van der Waals surface area contributed by atoms with E-state index in [0.29, 0.717) is 10.8 Å². The van der Waals surface area contributed by atoms with E-state index in [1.54, 1.807) is 18.5 Å². The lowest BCUT2D eigenvalue weighted by atomic mass is 10.3. The van der Waals surface area contributed by atoms with Gasteiger partial charge in [0.2, 0.25) is 0 Å². The molecule has 0 saturated heterocycles. The average Bonchev–Trinajstić information content (AvgIpc) is 2.41. The van der Waals surface area contributed by atoms with Crippen LogP contribution in [0.3, 0.4) is 0 Å². The van der Waals surface area contributed by atoms with Crippen LogP contribution in [-0.4, -0.2) is 21.5 Å². The molecular weight excluding hydrogens is 268 g/mol. The predicted molar refractivity (Wildman–Crippen MR) is 75.0 cm³/mol. The van der Waals surface area contributed by atoms with Crippen LogP contribution in [0.25, 0.3) is 0 Å². The number of pyridine rings is 1. The molecule has 0 aliphatic rings. The number of anilines is 1. The SMILES string of the molecule is CCNc1ccc(Cl)c(CSc2ncccn2)n1. The first kappa shape index (κ1) is 13.1. The van der Waals surface area contributed by atoms with Gasteiger partial charge in [-0.15, -0.1) is 0 Å². The van der Waals surface area contributed by atoms with E-state index in [4.69, 9.17) is 11.6 Å². The number of hydrogen-bond acceptors (Lipinski definition) is 5. The molecular formula is C12H13ClN4S. The van der Waals surface area contributed by atoms with Gasteiger partial charge in [0.05, 0.1) is 10.7 Å². The van der Waals surface area contributed by atoms with Crippen molar-refractivity contribution in [1.82, 2.24) is 15.0 Å². The van der Waals surface area contributed by atoms with Crippen molar-refractivity contribution in [2.24, 2.45) is 0 Å². The highest BCUT2D eigenvalue weighted by Gasteiger charge is 2.05. The van der Waals surface area contributed by atoms with E-state index >= 15 is 0 Å². The van der Waals surface area contributed by atoms with E-state index in [9.17, 15) is 0 Å². The van der Waals surface area contributed by atoms with Crippen molar-refractivity contribution < 1.29 is 0 Å². The zero-order valence-electron chi connectivity index (χ0n) is 9.93. The second kappa shape index (κ2) is 6.56. The van der Waals surface area contributed by atoms with Crippen LogP contribution in [0.2, 0.25) is 5.02 Å². The lowest BCUT2D eigenvalue weighted by molar-refractivity contribution is 0.964. The molecule has 0 radical (unpaired) electrons. The summed E-state index contributed by atoms with van der Waals surface area (Å²) in [6.45, 7) is 2.87. The molecule has 2 aromatic heterocycles. The highest BCUT2D eigenvalue weighted by atomic mass is 35.5. The van der Waals surface area contributed by atoms with Crippen molar-refractivity contribution in [1.29, 1.82) is 0 Å². The molecule has 0 aromatic carbocycles. The van der Waals surface area contributed by atoms with E-state index in [1.807, 2.05) is 19.1 Å². The molecule has 0 bridgehead atoms. The number of aromatic nitrogens is 3. The zero-order chi connectivity index (χ0) is 12.8. The van der Waals surface area contributed by atoms with Crippen LogP contribution >= 0.6 is 23.4 Å². The van der Waals surface area contributed by atoms with Gasteiger partial charge in [0.15, 0.2) is 5.16 Å². The number of halogens is 1. The van der Waals surface area contributed by atoms with Gasteiger partial charge in [-0.1, -0.05) is 23.4 Å². The second-order valence-electron chi connectivity index (χ2n) is 3.48.